The van der Waals surface area contributed by atoms with Crippen molar-refractivity contribution in [1.82, 2.24) is 0 Å². The van der Waals surface area contributed by atoms with Crippen LogP contribution in [0.2, 0.25) is 12.6 Å². The molecule has 126 valence electrons. The molecule has 0 amide bonds. The van der Waals surface area contributed by atoms with Gasteiger partial charge in [0, 0.05) is 31.7 Å². The van der Waals surface area contributed by atoms with E-state index in [4.69, 9.17) is 18.0 Å². The number of unbranched alkanes of at least 4 members (excludes halogenated alkanes) is 2. The van der Waals surface area contributed by atoms with E-state index in [2.05, 4.69) is 6.55 Å². The van der Waals surface area contributed by atoms with E-state index in [0.717, 1.165) is 36.4 Å². The van der Waals surface area contributed by atoms with E-state index < -0.39 is 8.56 Å². The van der Waals surface area contributed by atoms with Crippen LogP contribution in [0.3, 0.4) is 0 Å². The Morgan fingerprint density at radius 2 is 1.78 bits per heavy atom. The second-order valence-electron chi connectivity index (χ2n) is 5.66. The number of fused-ring (bicyclic) bond motifs is 1. The third-order valence-electron chi connectivity index (χ3n) is 4.00. The highest BCUT2D eigenvalue weighted by Crippen LogP contribution is 2.20. The number of hydrogen-bond donors (Lipinski definition) is 0. The molecular formula is C17H24O5Si. The number of hydrogen-bond acceptors (Lipinski definition) is 5. The lowest BCUT2D eigenvalue weighted by Gasteiger charge is -2.22. The van der Waals surface area contributed by atoms with Crippen molar-refractivity contribution in [2.45, 2.75) is 31.9 Å². The Balaban J connectivity index is 1.75. The van der Waals surface area contributed by atoms with E-state index >= 15 is 0 Å². The molecule has 1 aromatic carbocycles. The van der Waals surface area contributed by atoms with Crippen LogP contribution in [0.15, 0.2) is 39.5 Å². The molecule has 0 aliphatic carbocycles. The normalized spacial score (nSPS) is 11.8. The minimum atomic E-state index is -1.94. The molecule has 0 saturated carbocycles. The first kappa shape index (κ1) is 17.7. The molecule has 0 bridgehead atoms. The molecule has 6 heteroatoms. The van der Waals surface area contributed by atoms with Gasteiger partial charge >= 0.3 is 14.2 Å². The zero-order chi connectivity index (χ0) is 16.7. The van der Waals surface area contributed by atoms with Crippen LogP contribution >= 0.6 is 0 Å². The van der Waals surface area contributed by atoms with Gasteiger partial charge in [-0.25, -0.2) is 4.79 Å². The minimum Gasteiger partial charge on any atom is -0.493 e. The van der Waals surface area contributed by atoms with Crippen LogP contribution < -0.4 is 10.4 Å². The predicted molar refractivity (Wildman–Crippen MR) is 92.3 cm³/mol. The quantitative estimate of drug-likeness (QED) is 0.397. The fourth-order valence-corrected chi connectivity index (χ4v) is 3.80. The Hall–Kier alpha value is -1.63. The van der Waals surface area contributed by atoms with Crippen LogP contribution in [0.5, 0.6) is 5.75 Å². The molecule has 0 saturated heterocycles. The average molecular weight is 336 g/mol. The summed E-state index contributed by atoms with van der Waals surface area (Å²) in [5, 5.41) is 0.889. The van der Waals surface area contributed by atoms with Crippen molar-refractivity contribution in [3.05, 3.63) is 40.8 Å². The lowest BCUT2D eigenvalue weighted by molar-refractivity contribution is 0.247. The van der Waals surface area contributed by atoms with Crippen molar-refractivity contribution >= 4 is 19.5 Å². The van der Waals surface area contributed by atoms with Crippen LogP contribution in [0, 0.1) is 0 Å². The van der Waals surface area contributed by atoms with Crippen LogP contribution in [0.25, 0.3) is 11.0 Å². The fourth-order valence-electron chi connectivity index (χ4n) is 2.33. The summed E-state index contributed by atoms with van der Waals surface area (Å²) in [6.07, 6.45) is 3.10. The van der Waals surface area contributed by atoms with E-state index in [1.165, 1.54) is 6.07 Å². The lowest BCUT2D eigenvalue weighted by Crippen LogP contribution is -2.35. The first-order valence-electron chi connectivity index (χ1n) is 7.83. The monoisotopic (exact) mass is 336 g/mol. The Labute approximate surface area is 137 Å². The number of benzene rings is 1. The highest BCUT2D eigenvalue weighted by molar-refractivity contribution is 6.65. The van der Waals surface area contributed by atoms with Gasteiger partial charge in [0.2, 0.25) is 0 Å². The zero-order valence-corrected chi connectivity index (χ0v) is 15.0. The van der Waals surface area contributed by atoms with Crippen LogP contribution in [0.4, 0.5) is 0 Å². The summed E-state index contributed by atoms with van der Waals surface area (Å²) in [6, 6.07) is 9.69. The third kappa shape index (κ3) is 5.19. The third-order valence-corrected chi connectivity index (χ3v) is 6.99. The molecule has 0 atom stereocenters. The maximum absolute atomic E-state index is 11.2. The summed E-state index contributed by atoms with van der Waals surface area (Å²) in [4.78, 5) is 11.2. The standard InChI is InChI=1S/C17H24O5Si/c1-19-23(3,20-2)12-6-4-5-11-21-15-9-7-14-8-10-17(18)22-16(14)13-15/h7-10,13H,4-6,11-12H2,1-3H3. The van der Waals surface area contributed by atoms with Crippen LogP contribution in [-0.2, 0) is 8.85 Å². The van der Waals surface area contributed by atoms with Crippen molar-refractivity contribution in [2.75, 3.05) is 20.8 Å². The topological polar surface area (TPSA) is 57.9 Å². The van der Waals surface area contributed by atoms with Gasteiger partial charge in [-0.3, -0.25) is 0 Å². The fraction of sp³-hybridized carbons (Fsp3) is 0.471. The minimum absolute atomic E-state index is 0.349. The van der Waals surface area contributed by atoms with Crippen molar-refractivity contribution < 1.29 is 18.0 Å². The Kier molecular flexibility index (Phi) is 6.38. The second kappa shape index (κ2) is 8.28. The molecule has 0 unspecified atom stereocenters. The molecule has 1 heterocycles. The van der Waals surface area contributed by atoms with E-state index in [0.29, 0.717) is 12.2 Å². The van der Waals surface area contributed by atoms with Gasteiger partial charge in [0.05, 0.1) is 6.61 Å². The largest absolute Gasteiger partial charge is 0.493 e. The molecule has 0 fully saturated rings. The van der Waals surface area contributed by atoms with Gasteiger partial charge in [-0.05, 0) is 37.2 Å². The van der Waals surface area contributed by atoms with Gasteiger partial charge < -0.3 is 18.0 Å². The number of rotatable bonds is 9. The predicted octanol–water partition coefficient (Wildman–Crippen LogP) is 3.71. The van der Waals surface area contributed by atoms with Gasteiger partial charge in [0.1, 0.15) is 11.3 Å². The van der Waals surface area contributed by atoms with E-state index in [9.17, 15) is 4.79 Å². The second-order valence-corrected chi connectivity index (χ2v) is 9.24. The molecule has 1 aromatic heterocycles. The molecule has 0 radical (unpaired) electrons. The van der Waals surface area contributed by atoms with E-state index in [-0.39, 0.29) is 5.63 Å². The molecule has 0 spiro atoms. The Morgan fingerprint density at radius 1 is 1.04 bits per heavy atom. The lowest BCUT2D eigenvalue weighted by atomic mass is 10.2. The average Bonchev–Trinajstić information content (AvgIpc) is 2.57. The molecule has 0 aliphatic rings. The number of ether oxygens (including phenoxy) is 1. The molecule has 5 nitrogen and oxygen atoms in total. The van der Waals surface area contributed by atoms with E-state index in [1.807, 2.05) is 12.1 Å². The van der Waals surface area contributed by atoms with Gasteiger partial charge in [-0.1, -0.05) is 12.8 Å². The highest BCUT2D eigenvalue weighted by atomic mass is 28.4. The van der Waals surface area contributed by atoms with Gasteiger partial charge in [0.25, 0.3) is 0 Å². The summed E-state index contributed by atoms with van der Waals surface area (Å²) in [5.74, 6) is 0.722. The first-order chi connectivity index (χ1) is 11.1. The zero-order valence-electron chi connectivity index (χ0n) is 14.0. The summed E-state index contributed by atoms with van der Waals surface area (Å²) in [5.41, 5.74) is 0.204. The maximum Gasteiger partial charge on any atom is 0.336 e. The van der Waals surface area contributed by atoms with Crippen molar-refractivity contribution in [1.29, 1.82) is 0 Å². The Bertz CT molecular complexity index is 678. The van der Waals surface area contributed by atoms with Crippen LogP contribution in [-0.4, -0.2) is 29.4 Å². The highest BCUT2D eigenvalue weighted by Gasteiger charge is 2.27. The summed E-state index contributed by atoms with van der Waals surface area (Å²) in [7, 11) is 1.50. The summed E-state index contributed by atoms with van der Waals surface area (Å²) >= 11 is 0. The van der Waals surface area contributed by atoms with Crippen molar-refractivity contribution in [3.63, 3.8) is 0 Å². The molecule has 0 aliphatic heterocycles. The smallest absolute Gasteiger partial charge is 0.336 e. The van der Waals surface area contributed by atoms with Gasteiger partial charge in [-0.2, -0.15) is 0 Å². The molecule has 2 rings (SSSR count). The van der Waals surface area contributed by atoms with Crippen molar-refractivity contribution in [2.24, 2.45) is 0 Å². The van der Waals surface area contributed by atoms with Crippen molar-refractivity contribution in [3.8, 4) is 5.75 Å². The van der Waals surface area contributed by atoms with Gasteiger partial charge in [-0.15, -0.1) is 0 Å². The first-order valence-corrected chi connectivity index (χ1v) is 10.4. The van der Waals surface area contributed by atoms with E-state index in [1.54, 1.807) is 26.4 Å². The molecule has 23 heavy (non-hydrogen) atoms. The summed E-state index contributed by atoms with van der Waals surface area (Å²) in [6.45, 7) is 2.72. The van der Waals surface area contributed by atoms with Gasteiger partial charge in [0.15, 0.2) is 0 Å². The Morgan fingerprint density at radius 3 is 2.52 bits per heavy atom. The molecule has 0 N–H and O–H groups in total. The molecule has 2 aromatic rings. The molecular weight excluding hydrogens is 312 g/mol. The maximum atomic E-state index is 11.2. The SMILES string of the molecule is CO[Si](C)(CCCCCOc1ccc2ccc(=O)oc2c1)OC. The summed E-state index contributed by atoms with van der Waals surface area (Å²) < 4.78 is 21.8. The van der Waals surface area contributed by atoms with Crippen LogP contribution in [0.1, 0.15) is 19.3 Å².